The van der Waals surface area contributed by atoms with E-state index in [-0.39, 0.29) is 18.1 Å². The van der Waals surface area contributed by atoms with E-state index in [9.17, 15) is 9.90 Å². The first kappa shape index (κ1) is 18.7. The summed E-state index contributed by atoms with van der Waals surface area (Å²) in [6.07, 6.45) is 9.78. The van der Waals surface area contributed by atoms with Gasteiger partial charge in [-0.2, -0.15) is 0 Å². The van der Waals surface area contributed by atoms with E-state index < -0.39 is 11.6 Å². The van der Waals surface area contributed by atoms with Crippen LogP contribution in [0.25, 0.3) is 0 Å². The van der Waals surface area contributed by atoms with Gasteiger partial charge in [-0.05, 0) is 51.2 Å². The minimum absolute atomic E-state index is 0.160. The summed E-state index contributed by atoms with van der Waals surface area (Å²) in [6, 6.07) is 0. The van der Waals surface area contributed by atoms with Crippen molar-refractivity contribution < 1.29 is 19.4 Å². The zero-order valence-electron chi connectivity index (χ0n) is 14.2. The lowest BCUT2D eigenvalue weighted by molar-refractivity contribution is -0.144. The number of rotatable bonds is 1. The van der Waals surface area contributed by atoms with Crippen LogP contribution in [0.3, 0.4) is 0 Å². The third-order valence-electron chi connectivity index (χ3n) is 4.06. The molecule has 124 valence electrons. The number of aliphatic hydroxyl groups is 1. The fourth-order valence-electron chi connectivity index (χ4n) is 2.25. The molecule has 4 atom stereocenters. The van der Waals surface area contributed by atoms with Crippen LogP contribution in [0.4, 0.5) is 0 Å². The minimum Gasteiger partial charge on any atom is -0.459 e. The Kier molecular flexibility index (Phi) is 7.04. The molecule has 0 bridgehead atoms. The molecule has 1 aliphatic rings. The number of carbonyl (C=O) groups is 1. The van der Waals surface area contributed by atoms with Gasteiger partial charge in [-0.15, -0.1) is 0 Å². The van der Waals surface area contributed by atoms with Gasteiger partial charge >= 0.3 is 5.97 Å². The largest absolute Gasteiger partial charge is 0.459 e. The molecular formula is C18H28O4. The third-order valence-corrected chi connectivity index (χ3v) is 4.06. The monoisotopic (exact) mass is 311 g/mol. The van der Waals surface area contributed by atoms with Gasteiger partial charge in [0.05, 0.1) is 11.7 Å². The van der Waals surface area contributed by atoms with Crippen molar-refractivity contribution in [3.8, 4) is 0 Å². The van der Waals surface area contributed by atoms with Crippen molar-refractivity contribution in [1.82, 2.24) is 0 Å². The van der Waals surface area contributed by atoms with Crippen LogP contribution < -0.4 is 0 Å². The quantitative estimate of drug-likeness (QED) is 0.459. The van der Waals surface area contributed by atoms with Crippen LogP contribution in [0.15, 0.2) is 36.0 Å². The van der Waals surface area contributed by atoms with Crippen molar-refractivity contribution in [2.45, 2.75) is 58.3 Å². The summed E-state index contributed by atoms with van der Waals surface area (Å²) in [7, 11) is 1.64. The van der Waals surface area contributed by atoms with E-state index in [1.165, 1.54) is 12.2 Å². The second-order valence-electron chi connectivity index (χ2n) is 6.22. The summed E-state index contributed by atoms with van der Waals surface area (Å²) in [5.74, 6) is -0.165. The van der Waals surface area contributed by atoms with Gasteiger partial charge in [0.2, 0.25) is 0 Å². The molecule has 22 heavy (non-hydrogen) atoms. The normalized spacial score (nSPS) is 40.0. The molecule has 1 heterocycles. The number of ether oxygens (including phenoxy) is 2. The van der Waals surface area contributed by atoms with Crippen molar-refractivity contribution in [1.29, 1.82) is 0 Å². The molecule has 0 fully saturated rings. The van der Waals surface area contributed by atoms with Gasteiger partial charge in [-0.25, -0.2) is 4.79 Å². The molecule has 4 nitrogen and oxygen atoms in total. The molecule has 0 aromatic carbocycles. The molecule has 0 unspecified atom stereocenters. The minimum atomic E-state index is -1.23. The summed E-state index contributed by atoms with van der Waals surface area (Å²) < 4.78 is 10.8. The van der Waals surface area contributed by atoms with Crippen LogP contribution in [-0.2, 0) is 14.3 Å². The predicted molar refractivity (Wildman–Crippen MR) is 87.4 cm³/mol. The highest BCUT2D eigenvalue weighted by atomic mass is 16.5. The second-order valence-corrected chi connectivity index (χ2v) is 6.22. The number of cyclic esters (lactones) is 1. The Hall–Kier alpha value is -1.39. The predicted octanol–water partition coefficient (Wildman–Crippen LogP) is 3.17. The van der Waals surface area contributed by atoms with Gasteiger partial charge in [-0.3, -0.25) is 0 Å². The van der Waals surface area contributed by atoms with E-state index in [1.807, 2.05) is 13.8 Å². The van der Waals surface area contributed by atoms with E-state index in [2.05, 4.69) is 13.0 Å². The van der Waals surface area contributed by atoms with Crippen LogP contribution in [0, 0.1) is 5.92 Å². The van der Waals surface area contributed by atoms with Crippen molar-refractivity contribution in [3.63, 3.8) is 0 Å². The first-order valence-electron chi connectivity index (χ1n) is 7.76. The lowest BCUT2D eigenvalue weighted by Crippen LogP contribution is -2.23. The number of hydrogen-bond acceptors (Lipinski definition) is 4. The highest BCUT2D eigenvalue weighted by Crippen LogP contribution is 2.19. The van der Waals surface area contributed by atoms with Crippen LogP contribution >= 0.6 is 0 Å². The van der Waals surface area contributed by atoms with E-state index in [1.54, 1.807) is 26.2 Å². The molecule has 0 amide bonds. The third kappa shape index (κ3) is 6.16. The molecule has 4 heteroatoms. The van der Waals surface area contributed by atoms with Crippen molar-refractivity contribution in [2.75, 3.05) is 7.11 Å². The first-order valence-corrected chi connectivity index (χ1v) is 7.76. The summed E-state index contributed by atoms with van der Waals surface area (Å²) in [5.41, 5.74) is -0.123. The Balaban J connectivity index is 3.04. The number of allylic oxidation sites excluding steroid dienone is 1. The van der Waals surface area contributed by atoms with E-state index in [4.69, 9.17) is 9.47 Å². The zero-order chi connectivity index (χ0) is 16.8. The fraction of sp³-hybridized carbons (Fsp3) is 0.611. The van der Waals surface area contributed by atoms with Crippen molar-refractivity contribution in [3.05, 3.63) is 36.0 Å². The molecule has 0 aromatic heterocycles. The van der Waals surface area contributed by atoms with Crippen molar-refractivity contribution >= 4 is 5.97 Å². The van der Waals surface area contributed by atoms with Gasteiger partial charge in [0.1, 0.15) is 6.10 Å². The maximum atomic E-state index is 11.8. The molecule has 0 spiro atoms. The topological polar surface area (TPSA) is 55.8 Å². The molecule has 0 saturated heterocycles. The van der Waals surface area contributed by atoms with Gasteiger partial charge in [0, 0.05) is 13.2 Å². The highest BCUT2D eigenvalue weighted by Gasteiger charge is 2.18. The molecule has 0 aromatic rings. The Morgan fingerprint density at radius 1 is 1.36 bits per heavy atom. The second kappa shape index (κ2) is 8.30. The molecular weight excluding hydrogens is 283 g/mol. The Bertz CT molecular complexity index is 460. The van der Waals surface area contributed by atoms with E-state index >= 15 is 0 Å². The van der Waals surface area contributed by atoms with Crippen molar-refractivity contribution in [2.24, 2.45) is 5.92 Å². The van der Waals surface area contributed by atoms with Gasteiger partial charge in [0.15, 0.2) is 0 Å². The SMILES string of the molecule is CO[13C@H]1/C=C/[C@@](C)(O)/[13CH]=C/C(=O)O[C@H](C)[C@@H](C)[13CH2]C/C=C/1C. The molecule has 1 N–H and O–H groups in total. The Morgan fingerprint density at radius 2 is 2.05 bits per heavy atom. The number of carbonyl (C=O) groups excluding carboxylic acids is 1. The van der Waals surface area contributed by atoms with Gasteiger partial charge in [-0.1, -0.05) is 25.2 Å². The highest BCUT2D eigenvalue weighted by molar-refractivity contribution is 5.82. The maximum absolute atomic E-state index is 11.8. The van der Waals surface area contributed by atoms with Crippen LogP contribution in [0.1, 0.15) is 40.5 Å². The number of methoxy groups -OCH3 is 1. The smallest absolute Gasteiger partial charge is 0.330 e. The lowest BCUT2D eigenvalue weighted by atomic mass is 10.1. The Labute approximate surface area is 133 Å². The van der Waals surface area contributed by atoms with Gasteiger partial charge in [0.25, 0.3) is 0 Å². The summed E-state index contributed by atoms with van der Waals surface area (Å²) in [6.45, 7) is 7.59. The average molecular weight is 311 g/mol. The van der Waals surface area contributed by atoms with Gasteiger partial charge < -0.3 is 14.6 Å². The van der Waals surface area contributed by atoms with E-state index in [0.29, 0.717) is 0 Å². The fourth-order valence-corrected chi connectivity index (χ4v) is 2.25. The summed E-state index contributed by atoms with van der Waals surface area (Å²) in [4.78, 5) is 11.8. The molecule has 1 aliphatic heterocycles. The van der Waals surface area contributed by atoms with Crippen LogP contribution in [0.5, 0.6) is 0 Å². The number of esters is 1. The maximum Gasteiger partial charge on any atom is 0.330 e. The summed E-state index contributed by atoms with van der Waals surface area (Å²) >= 11 is 0. The first-order chi connectivity index (χ1) is 10.2. The van der Waals surface area contributed by atoms with Crippen LogP contribution in [0.2, 0.25) is 0 Å². The molecule has 0 saturated carbocycles. The average Bonchev–Trinajstić information content (AvgIpc) is 2.44. The Morgan fingerprint density at radius 3 is 2.68 bits per heavy atom. The number of hydrogen-bond donors (Lipinski definition) is 1. The van der Waals surface area contributed by atoms with E-state index in [0.717, 1.165) is 18.4 Å². The molecule has 1 rings (SSSR count). The summed E-state index contributed by atoms with van der Waals surface area (Å²) in [5, 5.41) is 10.3. The van der Waals surface area contributed by atoms with Crippen LogP contribution in [-0.4, -0.2) is 36.0 Å². The standard InChI is InChI=1S/C18H28O4/c1-13-7-6-8-14(2)16(21-5)9-11-18(4,20)12-10-17(19)22-15(13)3/h8-13,15-16,20H,6-7H2,1-5H3/b11-9+,12-10+,14-8+/t13-,15+,16-,18+/m0/s1/i7+1,12+1,16+1. The molecule has 0 aliphatic carbocycles. The molecule has 0 radical (unpaired) electrons. The zero-order valence-corrected chi connectivity index (χ0v) is 14.2. The lowest BCUT2D eigenvalue weighted by Gasteiger charge is -2.21.